The number of carbonyl (C=O) groups is 1. The van der Waals surface area contributed by atoms with Crippen molar-refractivity contribution in [2.45, 2.75) is 4.90 Å². The van der Waals surface area contributed by atoms with E-state index in [1.54, 1.807) is 30.3 Å². The van der Waals surface area contributed by atoms with Crippen molar-refractivity contribution in [2.24, 2.45) is 5.18 Å². The van der Waals surface area contributed by atoms with E-state index in [4.69, 9.17) is 11.6 Å². The topological polar surface area (TPSA) is 92.7 Å². The highest BCUT2D eigenvalue weighted by atomic mass is 35.5. The number of carbonyl (C=O) groups excluding carboxylic acids is 1. The fourth-order valence-electron chi connectivity index (χ4n) is 2.43. The Bertz CT molecular complexity index is 1100. The highest BCUT2D eigenvalue weighted by molar-refractivity contribution is 7.92. The summed E-state index contributed by atoms with van der Waals surface area (Å²) in [7, 11) is -3.98. The quantitative estimate of drug-likeness (QED) is 0.476. The number of sulfonamides is 1. The van der Waals surface area contributed by atoms with E-state index in [1.807, 2.05) is 0 Å². The number of nitroso groups, excluding NO2 is 1. The summed E-state index contributed by atoms with van der Waals surface area (Å²) >= 11 is 6.00. The summed E-state index contributed by atoms with van der Waals surface area (Å²) < 4.78 is 27.7. The Kier molecular flexibility index (Phi) is 5.34. The van der Waals surface area contributed by atoms with Crippen molar-refractivity contribution in [3.05, 3.63) is 93.9 Å². The lowest BCUT2D eigenvalue weighted by molar-refractivity contribution is 0.103. The van der Waals surface area contributed by atoms with E-state index in [0.717, 1.165) is 0 Å². The molecule has 0 amide bonds. The molecule has 0 atom stereocenters. The monoisotopic (exact) mass is 400 g/mol. The van der Waals surface area contributed by atoms with Gasteiger partial charge in [-0.05, 0) is 47.6 Å². The fraction of sp³-hybridized carbons (Fsp3) is 0. The van der Waals surface area contributed by atoms with Gasteiger partial charge in [0.15, 0.2) is 5.78 Å². The van der Waals surface area contributed by atoms with Gasteiger partial charge in [0.05, 0.1) is 10.6 Å². The summed E-state index contributed by atoms with van der Waals surface area (Å²) in [5, 5.41) is 3.04. The molecule has 27 heavy (non-hydrogen) atoms. The predicted octanol–water partition coefficient (Wildman–Crippen LogP) is 4.77. The lowest BCUT2D eigenvalue weighted by Crippen LogP contribution is -2.16. The van der Waals surface area contributed by atoms with E-state index in [9.17, 15) is 18.1 Å². The summed E-state index contributed by atoms with van der Waals surface area (Å²) in [6.07, 6.45) is 0. The first kappa shape index (κ1) is 18.8. The van der Waals surface area contributed by atoms with Gasteiger partial charge in [-0.15, -0.1) is 4.91 Å². The van der Waals surface area contributed by atoms with Crippen LogP contribution in [0.4, 0.5) is 11.4 Å². The summed E-state index contributed by atoms with van der Waals surface area (Å²) in [6, 6.07) is 17.9. The largest absolute Gasteiger partial charge is 0.289 e. The minimum Gasteiger partial charge on any atom is -0.289 e. The number of hydrogen-bond acceptors (Lipinski definition) is 5. The van der Waals surface area contributed by atoms with Gasteiger partial charge in [0.1, 0.15) is 5.69 Å². The normalized spacial score (nSPS) is 11.0. The smallest absolute Gasteiger partial charge is 0.261 e. The number of rotatable bonds is 6. The van der Waals surface area contributed by atoms with E-state index < -0.39 is 10.0 Å². The molecule has 3 rings (SSSR count). The van der Waals surface area contributed by atoms with E-state index in [1.165, 1.54) is 42.5 Å². The highest BCUT2D eigenvalue weighted by Gasteiger charge is 2.20. The van der Waals surface area contributed by atoms with Gasteiger partial charge in [0.25, 0.3) is 10.0 Å². The van der Waals surface area contributed by atoms with Crippen LogP contribution in [0.1, 0.15) is 15.9 Å². The van der Waals surface area contributed by atoms with Gasteiger partial charge in [-0.25, -0.2) is 8.42 Å². The van der Waals surface area contributed by atoms with Crippen molar-refractivity contribution in [2.75, 3.05) is 4.72 Å². The average Bonchev–Trinajstić information content (AvgIpc) is 2.69. The molecule has 0 aromatic heterocycles. The molecule has 0 heterocycles. The molecular weight excluding hydrogens is 388 g/mol. The van der Waals surface area contributed by atoms with E-state index in [2.05, 4.69) is 9.90 Å². The molecule has 0 aliphatic rings. The van der Waals surface area contributed by atoms with Gasteiger partial charge < -0.3 is 0 Å². The molecule has 8 heteroatoms. The zero-order valence-electron chi connectivity index (χ0n) is 13.8. The zero-order chi connectivity index (χ0) is 19.4. The van der Waals surface area contributed by atoms with Crippen LogP contribution < -0.4 is 4.72 Å². The van der Waals surface area contributed by atoms with Crippen LogP contribution in [0.3, 0.4) is 0 Å². The van der Waals surface area contributed by atoms with Crippen LogP contribution >= 0.6 is 11.6 Å². The van der Waals surface area contributed by atoms with Crippen molar-refractivity contribution < 1.29 is 13.2 Å². The van der Waals surface area contributed by atoms with Crippen LogP contribution in [0.15, 0.2) is 82.9 Å². The molecule has 136 valence electrons. The lowest BCUT2D eigenvalue weighted by atomic mass is 10.0. The molecule has 0 unspecified atom stereocenters. The molecule has 0 saturated carbocycles. The van der Waals surface area contributed by atoms with Gasteiger partial charge in [-0.2, -0.15) is 0 Å². The molecule has 0 bridgehead atoms. The number of nitrogens with one attached hydrogen (secondary N) is 1. The summed E-state index contributed by atoms with van der Waals surface area (Å²) in [4.78, 5) is 23.2. The maximum absolute atomic E-state index is 12.8. The first-order chi connectivity index (χ1) is 12.9. The van der Waals surface area contributed by atoms with Crippen LogP contribution in [0.25, 0.3) is 0 Å². The van der Waals surface area contributed by atoms with E-state index in [0.29, 0.717) is 10.6 Å². The molecule has 0 spiro atoms. The summed E-state index contributed by atoms with van der Waals surface area (Å²) in [5.74, 6) is -0.365. The van der Waals surface area contributed by atoms with Crippen LogP contribution in [0, 0.1) is 4.91 Å². The Morgan fingerprint density at radius 3 is 2.22 bits per heavy atom. The molecule has 0 radical (unpaired) electrons. The van der Waals surface area contributed by atoms with E-state index in [-0.39, 0.29) is 27.6 Å². The zero-order valence-corrected chi connectivity index (χ0v) is 15.4. The summed E-state index contributed by atoms with van der Waals surface area (Å²) in [6.45, 7) is 0. The third-order valence-corrected chi connectivity index (χ3v) is 5.38. The maximum atomic E-state index is 12.8. The number of hydrogen-bond donors (Lipinski definition) is 1. The minimum atomic E-state index is -3.98. The molecule has 0 fully saturated rings. The Hall–Kier alpha value is -3.03. The molecule has 1 N–H and O–H groups in total. The van der Waals surface area contributed by atoms with Gasteiger partial charge in [0, 0.05) is 16.1 Å². The minimum absolute atomic E-state index is 0.0667. The number of halogens is 1. The second kappa shape index (κ2) is 7.69. The average molecular weight is 401 g/mol. The van der Waals surface area contributed by atoms with Gasteiger partial charge in [-0.3, -0.25) is 9.52 Å². The molecule has 0 saturated heterocycles. The fourth-order valence-corrected chi connectivity index (χ4v) is 3.68. The summed E-state index contributed by atoms with van der Waals surface area (Å²) in [5.41, 5.74) is 0.747. The first-order valence-electron chi connectivity index (χ1n) is 7.76. The lowest BCUT2D eigenvalue weighted by Gasteiger charge is -2.13. The number of anilines is 1. The van der Waals surface area contributed by atoms with E-state index >= 15 is 0 Å². The van der Waals surface area contributed by atoms with Crippen LogP contribution in [0.5, 0.6) is 0 Å². The number of nitrogens with zero attached hydrogens (tertiary/aromatic N) is 1. The third kappa shape index (κ3) is 4.21. The first-order valence-corrected chi connectivity index (χ1v) is 9.62. The molecule has 0 aliphatic carbocycles. The molecule has 3 aromatic rings. The van der Waals surface area contributed by atoms with Crippen molar-refractivity contribution in [3.63, 3.8) is 0 Å². The van der Waals surface area contributed by atoms with Crippen molar-refractivity contribution in [1.82, 2.24) is 0 Å². The second-order valence-corrected chi connectivity index (χ2v) is 7.69. The van der Waals surface area contributed by atoms with Gasteiger partial charge in [-0.1, -0.05) is 41.9 Å². The van der Waals surface area contributed by atoms with Crippen molar-refractivity contribution in [1.29, 1.82) is 0 Å². The van der Waals surface area contributed by atoms with Gasteiger partial charge in [0.2, 0.25) is 0 Å². The standard InChI is InChI=1S/C19H13ClN2O4S/c20-14-6-11-18(17(12-14)19(23)13-4-2-1-3-5-13)22-27(25,26)16-9-7-15(21-24)8-10-16/h1-12,22H. The Morgan fingerprint density at radius 1 is 0.926 bits per heavy atom. The molecular formula is C19H13ClN2O4S. The third-order valence-electron chi connectivity index (χ3n) is 3.76. The Morgan fingerprint density at radius 2 is 1.59 bits per heavy atom. The highest BCUT2D eigenvalue weighted by Crippen LogP contribution is 2.26. The number of ketones is 1. The van der Waals surface area contributed by atoms with Crippen LogP contribution in [-0.2, 0) is 10.0 Å². The Balaban J connectivity index is 1.99. The SMILES string of the molecule is O=Nc1ccc(S(=O)(=O)Nc2ccc(Cl)cc2C(=O)c2ccccc2)cc1. The van der Waals surface area contributed by atoms with Crippen LogP contribution in [0.2, 0.25) is 5.02 Å². The second-order valence-electron chi connectivity index (χ2n) is 5.58. The van der Waals surface area contributed by atoms with Gasteiger partial charge >= 0.3 is 0 Å². The number of benzene rings is 3. The molecule has 6 nitrogen and oxygen atoms in total. The Labute approximate surface area is 160 Å². The molecule has 3 aromatic carbocycles. The predicted molar refractivity (Wildman–Crippen MR) is 104 cm³/mol. The van der Waals surface area contributed by atoms with Crippen molar-refractivity contribution in [3.8, 4) is 0 Å². The molecule has 0 aliphatic heterocycles. The van der Waals surface area contributed by atoms with Crippen molar-refractivity contribution >= 4 is 38.8 Å². The van der Waals surface area contributed by atoms with Crippen LogP contribution in [-0.4, -0.2) is 14.2 Å². The maximum Gasteiger partial charge on any atom is 0.261 e.